The van der Waals surface area contributed by atoms with Crippen LogP contribution in [0.3, 0.4) is 0 Å². The van der Waals surface area contributed by atoms with Gasteiger partial charge in [-0.2, -0.15) is 0 Å². The van der Waals surface area contributed by atoms with Gasteiger partial charge in [0.2, 0.25) is 0 Å². The Labute approximate surface area is 184 Å². The van der Waals surface area contributed by atoms with Gasteiger partial charge in [0.05, 0.1) is 23.6 Å². The van der Waals surface area contributed by atoms with Crippen LogP contribution in [0.5, 0.6) is 0 Å². The summed E-state index contributed by atoms with van der Waals surface area (Å²) in [7, 11) is -1.94. The third-order valence-corrected chi connectivity index (χ3v) is 8.04. The molecule has 0 radical (unpaired) electrons. The highest BCUT2D eigenvalue weighted by molar-refractivity contribution is 7.90. The van der Waals surface area contributed by atoms with Crippen molar-refractivity contribution in [1.82, 2.24) is 9.80 Å². The van der Waals surface area contributed by atoms with Crippen LogP contribution in [-0.2, 0) is 19.4 Å². The smallest absolute Gasteiger partial charge is 0.336 e. The Morgan fingerprint density at radius 2 is 1.68 bits per heavy atom. The van der Waals surface area contributed by atoms with Crippen LogP contribution in [0.25, 0.3) is 5.57 Å². The van der Waals surface area contributed by atoms with Crippen LogP contribution < -0.4 is 0 Å². The fourth-order valence-electron chi connectivity index (χ4n) is 5.11. The molecule has 0 N–H and O–H groups in total. The van der Waals surface area contributed by atoms with Crippen molar-refractivity contribution in [2.24, 2.45) is 5.92 Å². The Morgan fingerprint density at radius 1 is 1.03 bits per heavy atom. The van der Waals surface area contributed by atoms with E-state index >= 15 is 0 Å². The van der Waals surface area contributed by atoms with Gasteiger partial charge in [0.15, 0.2) is 9.84 Å². The van der Waals surface area contributed by atoms with Crippen LogP contribution in [-0.4, -0.2) is 68.8 Å². The third-order valence-electron chi connectivity index (χ3n) is 6.91. The first-order valence-corrected chi connectivity index (χ1v) is 12.8. The Hall–Kier alpha value is -2.35. The topological polar surface area (TPSA) is 84.0 Å². The third kappa shape index (κ3) is 4.10. The lowest BCUT2D eigenvalue weighted by atomic mass is 9.88. The molecule has 7 nitrogen and oxygen atoms in total. The van der Waals surface area contributed by atoms with E-state index in [0.29, 0.717) is 17.9 Å². The van der Waals surface area contributed by atoms with Gasteiger partial charge in [-0.15, -0.1) is 0 Å². The summed E-state index contributed by atoms with van der Waals surface area (Å²) in [6, 6.07) is 6.39. The summed E-state index contributed by atoms with van der Waals surface area (Å²) >= 11 is 0. The van der Waals surface area contributed by atoms with Gasteiger partial charge in [-0.25, -0.2) is 18.0 Å². The fraction of sp³-hybridized carbons (Fsp3) is 0.565. The summed E-state index contributed by atoms with van der Waals surface area (Å²) in [4.78, 5) is 30.3. The zero-order valence-electron chi connectivity index (χ0n) is 18.3. The van der Waals surface area contributed by atoms with Crippen LogP contribution in [0.2, 0.25) is 0 Å². The number of methoxy groups -OCH3 is 1. The zero-order valence-corrected chi connectivity index (χ0v) is 19.2. The highest BCUT2D eigenvalue weighted by atomic mass is 32.2. The highest BCUT2D eigenvalue weighted by Crippen LogP contribution is 2.44. The number of likely N-dealkylation sites (tertiary alicyclic amines) is 1. The summed E-state index contributed by atoms with van der Waals surface area (Å²) in [5.41, 5.74) is 2.20. The number of amides is 2. The van der Waals surface area contributed by atoms with E-state index < -0.39 is 15.8 Å². The molecular formula is C23H30N2O5S. The molecule has 1 aromatic carbocycles. The van der Waals surface area contributed by atoms with Crippen LogP contribution in [0.15, 0.2) is 34.7 Å². The number of urea groups is 1. The highest BCUT2D eigenvalue weighted by Gasteiger charge is 2.47. The molecule has 1 aromatic rings. The van der Waals surface area contributed by atoms with E-state index in [1.807, 2.05) is 9.80 Å². The molecule has 2 bridgehead atoms. The van der Waals surface area contributed by atoms with Crippen molar-refractivity contribution in [2.45, 2.75) is 56.0 Å². The van der Waals surface area contributed by atoms with Crippen LogP contribution in [0.1, 0.15) is 44.6 Å². The number of benzene rings is 1. The molecule has 0 unspecified atom stereocenters. The summed E-state index contributed by atoms with van der Waals surface area (Å²) < 4.78 is 28.7. The van der Waals surface area contributed by atoms with Crippen LogP contribution in [0, 0.1) is 5.92 Å². The molecule has 3 heterocycles. The van der Waals surface area contributed by atoms with E-state index in [-0.39, 0.29) is 23.0 Å². The molecule has 4 rings (SSSR count). The van der Waals surface area contributed by atoms with Crippen molar-refractivity contribution in [3.63, 3.8) is 0 Å². The Balaban J connectivity index is 1.68. The number of ether oxygens (including phenoxy) is 1. The minimum Gasteiger partial charge on any atom is -0.466 e. The lowest BCUT2D eigenvalue weighted by Gasteiger charge is -2.41. The summed E-state index contributed by atoms with van der Waals surface area (Å²) in [6.45, 7) is 3.73. The van der Waals surface area contributed by atoms with E-state index in [1.54, 1.807) is 24.3 Å². The average Bonchev–Trinajstić information content (AvgIpc) is 3.06. The number of hydrogen-bond acceptors (Lipinski definition) is 5. The summed E-state index contributed by atoms with van der Waals surface area (Å²) in [5, 5.41) is 0. The number of piperidine rings is 1. The van der Waals surface area contributed by atoms with Crippen molar-refractivity contribution in [2.75, 3.05) is 26.5 Å². The fourth-order valence-corrected chi connectivity index (χ4v) is 5.74. The second-order valence-corrected chi connectivity index (χ2v) is 11.0. The van der Waals surface area contributed by atoms with Crippen molar-refractivity contribution in [1.29, 1.82) is 0 Å². The van der Waals surface area contributed by atoms with Gasteiger partial charge >= 0.3 is 12.0 Å². The molecule has 2 amide bonds. The molecule has 0 saturated carbocycles. The van der Waals surface area contributed by atoms with Crippen molar-refractivity contribution in [3.05, 3.63) is 35.4 Å². The van der Waals surface area contributed by atoms with Gasteiger partial charge in [0, 0.05) is 25.4 Å². The molecular weight excluding hydrogens is 416 g/mol. The quantitative estimate of drug-likeness (QED) is 0.666. The van der Waals surface area contributed by atoms with Gasteiger partial charge < -0.3 is 14.5 Å². The largest absolute Gasteiger partial charge is 0.466 e. The number of sulfone groups is 1. The average molecular weight is 447 g/mol. The maximum absolute atomic E-state index is 13.4. The molecule has 0 aliphatic carbocycles. The number of fused-ring (bicyclic) bond motifs is 2. The molecule has 3 aliphatic heterocycles. The molecule has 168 valence electrons. The first kappa shape index (κ1) is 21.9. The molecule has 2 atom stereocenters. The first-order chi connectivity index (χ1) is 14.7. The molecule has 2 saturated heterocycles. The van der Waals surface area contributed by atoms with E-state index in [4.69, 9.17) is 4.74 Å². The number of nitrogens with zero attached hydrogens (tertiary/aromatic N) is 2. The first-order valence-electron chi connectivity index (χ1n) is 10.9. The number of hydrogen-bond donors (Lipinski definition) is 0. The van der Waals surface area contributed by atoms with Crippen molar-refractivity contribution >= 4 is 27.4 Å². The molecule has 3 aliphatic rings. The number of carbonyl (C=O) groups is 2. The molecule has 2 fully saturated rings. The molecule has 31 heavy (non-hydrogen) atoms. The molecule has 8 heteroatoms. The standard InChI is InChI=1S/C23H30N2O5S/c1-15-10-12-24(13-11-15)23(27)25-17-6-9-20(25)21(22(26)30-2)19(14-17)16-4-7-18(8-5-16)31(3,28)29/h4-5,7-8,15,17,20H,6,9-14H2,1-3H3/t17-,20+/m0/s1. The maximum atomic E-state index is 13.4. The Kier molecular flexibility index (Phi) is 5.85. The summed E-state index contributed by atoms with van der Waals surface area (Å²) in [5.74, 6) is 0.215. The van der Waals surface area contributed by atoms with E-state index in [9.17, 15) is 18.0 Å². The van der Waals surface area contributed by atoms with Gasteiger partial charge in [-0.1, -0.05) is 19.1 Å². The minimum absolute atomic E-state index is 0.0206. The number of carbonyl (C=O) groups excluding carboxylic acids is 2. The lowest BCUT2D eigenvalue weighted by Crippen LogP contribution is -2.53. The minimum atomic E-state index is -3.30. The van der Waals surface area contributed by atoms with E-state index in [1.165, 1.54) is 13.4 Å². The maximum Gasteiger partial charge on any atom is 0.336 e. The lowest BCUT2D eigenvalue weighted by molar-refractivity contribution is -0.136. The van der Waals surface area contributed by atoms with Gasteiger partial charge in [-0.3, -0.25) is 0 Å². The van der Waals surface area contributed by atoms with Crippen LogP contribution in [0.4, 0.5) is 4.79 Å². The SMILES string of the molecule is COC(=O)C1=C(c2ccc(S(C)(=O)=O)cc2)C[C@@H]2CC[C@H]1N2C(=O)N1CCC(C)CC1. The normalized spacial score (nSPS) is 24.5. The Morgan fingerprint density at radius 3 is 2.26 bits per heavy atom. The second-order valence-electron chi connectivity index (χ2n) is 8.99. The van der Waals surface area contributed by atoms with Gasteiger partial charge in [-0.05, 0) is 61.3 Å². The Bertz CT molecular complexity index is 1010. The van der Waals surface area contributed by atoms with Crippen LogP contribution >= 0.6 is 0 Å². The predicted molar refractivity (Wildman–Crippen MR) is 117 cm³/mol. The monoisotopic (exact) mass is 446 g/mol. The zero-order chi connectivity index (χ0) is 22.3. The summed E-state index contributed by atoms with van der Waals surface area (Å²) in [6.07, 6.45) is 5.32. The van der Waals surface area contributed by atoms with Crippen molar-refractivity contribution in [3.8, 4) is 0 Å². The van der Waals surface area contributed by atoms with Crippen molar-refractivity contribution < 1.29 is 22.7 Å². The molecule has 0 aromatic heterocycles. The van der Waals surface area contributed by atoms with Gasteiger partial charge in [0.1, 0.15) is 0 Å². The number of rotatable bonds is 3. The van der Waals surface area contributed by atoms with E-state index in [2.05, 4.69) is 6.92 Å². The van der Waals surface area contributed by atoms with Gasteiger partial charge in [0.25, 0.3) is 0 Å². The second kappa shape index (κ2) is 8.30. The predicted octanol–water partition coefficient (Wildman–Crippen LogP) is 3.11. The van der Waals surface area contributed by atoms with E-state index in [0.717, 1.165) is 49.9 Å². The number of esters is 1. The molecule has 0 spiro atoms.